The highest BCUT2D eigenvalue weighted by molar-refractivity contribution is 6.23. The zero-order valence-corrected chi connectivity index (χ0v) is 25.3. The van der Waals surface area contributed by atoms with Crippen molar-refractivity contribution in [3.63, 3.8) is 0 Å². The van der Waals surface area contributed by atoms with E-state index in [0.29, 0.717) is 4.90 Å². The summed E-state index contributed by atoms with van der Waals surface area (Å²) in [5.74, 6) is 0. The highest BCUT2D eigenvalue weighted by Gasteiger charge is 2.22. The van der Waals surface area contributed by atoms with Crippen molar-refractivity contribution < 1.29 is 50.0 Å². The molecule has 0 atom stereocenters. The first-order valence-electron chi connectivity index (χ1n) is 29.8. The summed E-state index contributed by atoms with van der Waals surface area (Å²) in [4.78, 5) is 0.488. The molecule has 0 saturated heterocycles. The zero-order chi connectivity index (χ0) is 59.8. The van der Waals surface area contributed by atoms with Crippen LogP contribution >= 0.6 is 0 Å². The third kappa shape index (κ3) is 4.98. The Morgan fingerprint density at radius 1 is 0.373 bits per heavy atom. The largest absolute Gasteiger partial charge is 0.456 e. The van der Waals surface area contributed by atoms with Gasteiger partial charge in [-0.1, -0.05) is 133 Å². The molecule has 0 amide bonds. The number of anilines is 3. The maximum Gasteiger partial charge on any atom is 0.144 e. The molecule has 0 spiro atoms. The van der Waals surface area contributed by atoms with Crippen molar-refractivity contribution in [2.45, 2.75) is 0 Å². The lowest BCUT2D eigenvalue weighted by atomic mass is 9.96. The lowest BCUT2D eigenvalue weighted by molar-refractivity contribution is 0.664. The van der Waals surface area contributed by atoms with Crippen molar-refractivity contribution in [3.8, 4) is 33.4 Å². The molecule has 2 heterocycles. The quantitative estimate of drug-likeness (QED) is 0.175. The maximum atomic E-state index is 9.70. The number of hydrogen-bond acceptors (Lipinski definition) is 3. The zero-order valence-electron chi connectivity index (χ0n) is 55.3. The highest BCUT2D eigenvalue weighted by Crippen LogP contribution is 2.46. The molecule has 10 rings (SSSR count). The molecule has 10 aromatic rings. The smallest absolute Gasteiger partial charge is 0.144 e. The fourth-order valence-corrected chi connectivity index (χ4v) is 5.56. The molecule has 0 aliphatic carbocycles. The predicted octanol–water partition coefficient (Wildman–Crippen LogP) is 14.0. The molecule has 2 aromatic heterocycles. The first kappa shape index (κ1) is 11.9. The fraction of sp³-hybridized carbons (Fsp3) is 0. The first-order valence-corrected chi connectivity index (χ1v) is 14.8. The number of benzene rings is 8. The number of nitrogens with zero attached hydrogens (tertiary/aromatic N) is 1. The molecular weight excluding hydrogens is 623 g/mol. The second kappa shape index (κ2) is 11.9. The predicted molar refractivity (Wildman–Crippen MR) is 212 cm³/mol. The Morgan fingerprint density at radius 2 is 0.863 bits per heavy atom. The third-order valence-electron chi connectivity index (χ3n) is 7.74. The van der Waals surface area contributed by atoms with Gasteiger partial charge in [-0.2, -0.15) is 0 Å². The van der Waals surface area contributed by atoms with Crippen LogP contribution in [0, 0.1) is 0 Å². The molecule has 3 nitrogen and oxygen atoms in total. The Morgan fingerprint density at radius 3 is 1.47 bits per heavy atom. The van der Waals surface area contributed by atoms with Gasteiger partial charge >= 0.3 is 0 Å². The van der Waals surface area contributed by atoms with E-state index in [2.05, 4.69) is 0 Å². The van der Waals surface area contributed by atoms with Crippen LogP contribution < -0.4 is 4.90 Å². The molecule has 0 fully saturated rings. The summed E-state index contributed by atoms with van der Waals surface area (Å²) in [5, 5.41) is -1.80. The molecule has 0 saturated carbocycles. The lowest BCUT2D eigenvalue weighted by Crippen LogP contribution is -2.09. The van der Waals surface area contributed by atoms with Crippen LogP contribution in [0.4, 0.5) is 17.1 Å². The van der Waals surface area contributed by atoms with E-state index in [1.807, 2.05) is 0 Å². The van der Waals surface area contributed by atoms with E-state index in [4.69, 9.17) is 34.9 Å². The minimum Gasteiger partial charge on any atom is -0.456 e. The number of hydrogen-bond donors (Lipinski definition) is 0. The maximum absolute atomic E-state index is 9.70. The van der Waals surface area contributed by atoms with Crippen molar-refractivity contribution in [3.05, 3.63) is 187 Å². The van der Waals surface area contributed by atoms with Crippen molar-refractivity contribution in [2.24, 2.45) is 0 Å². The summed E-state index contributed by atoms with van der Waals surface area (Å²) in [6.07, 6.45) is 0. The Balaban J connectivity index is 1.42. The van der Waals surface area contributed by atoms with Crippen molar-refractivity contribution in [1.82, 2.24) is 0 Å². The lowest BCUT2D eigenvalue weighted by Gasteiger charge is -2.26. The second-order valence-corrected chi connectivity index (χ2v) is 10.6. The summed E-state index contributed by atoms with van der Waals surface area (Å²) in [5.41, 5.74) is -9.82. The third-order valence-corrected chi connectivity index (χ3v) is 7.74. The molecule has 0 bridgehead atoms. The monoisotopic (exact) mass is 683 g/mol. The molecule has 51 heavy (non-hydrogen) atoms. The standard InChI is InChI=1S/C48H31NO2/c1-4-12-32(13-5-1)34-20-24-37(25-21-34)49(38-26-22-35(23-27-38)33-14-6-2-7-15-33)39-28-29-44-41(30-39)42-31-45-47(40-18-10-11-19-43(40)50-45)46(48(42)51-44)36-16-8-3-9-17-36/h1-31H/i1D,2D,3D,4D,5D,6D,7D,8D,9D,10D,11D,12D,13D,14D,15D,16D,17D,18D,19D,20D,21D,22D,23D,24D,25D,26D,27D,28D,29D,31D. The number of rotatable bonds is 6. The Labute approximate surface area is 337 Å². The van der Waals surface area contributed by atoms with Gasteiger partial charge in [0.05, 0.1) is 41.1 Å². The van der Waals surface area contributed by atoms with Crippen LogP contribution in [-0.4, -0.2) is 0 Å². The summed E-state index contributed by atoms with van der Waals surface area (Å²) in [6, 6.07) is -28.0. The van der Waals surface area contributed by atoms with Gasteiger partial charge in [-0.05, 0) is 82.2 Å². The molecule has 0 aliphatic rings. The topological polar surface area (TPSA) is 29.5 Å². The van der Waals surface area contributed by atoms with Gasteiger partial charge in [-0.15, -0.1) is 0 Å². The summed E-state index contributed by atoms with van der Waals surface area (Å²) in [6.45, 7) is 0. The Bertz CT molecular complexity index is 4320. The van der Waals surface area contributed by atoms with E-state index < -0.39 is 276 Å². The van der Waals surface area contributed by atoms with Crippen molar-refractivity contribution in [2.75, 3.05) is 4.90 Å². The van der Waals surface area contributed by atoms with E-state index in [1.165, 1.54) is 0 Å². The van der Waals surface area contributed by atoms with E-state index in [1.54, 1.807) is 0 Å². The minimum absolute atomic E-state index is 0.419. The van der Waals surface area contributed by atoms with Gasteiger partial charge in [0.1, 0.15) is 22.3 Å². The van der Waals surface area contributed by atoms with Gasteiger partial charge in [0.25, 0.3) is 0 Å². The average Bonchev–Trinajstić information content (AvgIpc) is 3.89. The van der Waals surface area contributed by atoms with Crippen LogP contribution in [0.25, 0.3) is 77.3 Å². The molecule has 3 heteroatoms. The molecule has 240 valence electrons. The molecule has 0 aliphatic heterocycles. The normalized spacial score (nSPS) is 19.8. The summed E-state index contributed by atoms with van der Waals surface area (Å²) in [7, 11) is 0. The second-order valence-electron chi connectivity index (χ2n) is 10.6. The van der Waals surface area contributed by atoms with E-state index in [-0.39, 0.29) is 0 Å². The highest BCUT2D eigenvalue weighted by atomic mass is 16.3. The van der Waals surface area contributed by atoms with E-state index in [0.717, 1.165) is 6.07 Å². The summed E-state index contributed by atoms with van der Waals surface area (Å²) < 4.78 is 278. The SMILES string of the molecule is [2H]c1c([2H])c([2H])c(-c2c([2H])c([2H])c(N(c3cc4c(oc5c(-c6c([2H])c([2H])c([2H])c([2H])c6[2H])c6c(oc7c([2H])c([2H])c([2H])c([2H])c76)c([2H])c54)c([2H])c3[2H])c3c([2H])c([2H])c(-c4c([2H])c([2H])c([2H])c([2H])c4[2H])c([2H])c3[2H])c([2H])c2[2H])c([2H])c1[2H]. The number of furan rings is 2. The van der Waals surface area contributed by atoms with Crippen LogP contribution in [0.5, 0.6) is 0 Å². The average molecular weight is 684 g/mol. The molecule has 8 aromatic carbocycles. The van der Waals surface area contributed by atoms with Gasteiger partial charge in [0, 0.05) is 44.2 Å². The van der Waals surface area contributed by atoms with Gasteiger partial charge in [-0.25, -0.2) is 0 Å². The van der Waals surface area contributed by atoms with Crippen LogP contribution in [0.2, 0.25) is 0 Å². The van der Waals surface area contributed by atoms with Crippen molar-refractivity contribution in [1.29, 1.82) is 0 Å². The van der Waals surface area contributed by atoms with Gasteiger partial charge in [0.15, 0.2) is 0 Å². The van der Waals surface area contributed by atoms with E-state index >= 15 is 0 Å². The number of fused-ring (bicyclic) bond motifs is 6. The first-order chi connectivity index (χ1) is 37.8. The minimum atomic E-state index is -1.19. The Hall–Kier alpha value is -6.84. The summed E-state index contributed by atoms with van der Waals surface area (Å²) >= 11 is 0. The van der Waals surface area contributed by atoms with Gasteiger partial charge in [-0.3, -0.25) is 0 Å². The molecular formula is C48H31NO2. The van der Waals surface area contributed by atoms with Crippen LogP contribution in [0.15, 0.2) is 196 Å². The van der Waals surface area contributed by atoms with E-state index in [9.17, 15) is 15.1 Å². The van der Waals surface area contributed by atoms with Gasteiger partial charge in [0.2, 0.25) is 0 Å². The van der Waals surface area contributed by atoms with Crippen molar-refractivity contribution >= 4 is 60.9 Å². The van der Waals surface area contributed by atoms with Crippen LogP contribution in [-0.2, 0) is 0 Å². The molecule has 0 N–H and O–H groups in total. The Kier molecular flexibility index (Phi) is 2.78. The molecule has 0 unspecified atom stereocenters. The van der Waals surface area contributed by atoms with Gasteiger partial charge < -0.3 is 13.7 Å². The van der Waals surface area contributed by atoms with Crippen LogP contribution in [0.3, 0.4) is 0 Å². The fourth-order valence-electron chi connectivity index (χ4n) is 5.56. The number of para-hydroxylation sites is 1. The van der Waals surface area contributed by atoms with Crippen LogP contribution in [0.1, 0.15) is 41.1 Å². The molecule has 0 radical (unpaired) electrons.